The Morgan fingerprint density at radius 1 is 1.07 bits per heavy atom. The number of benzene rings is 1. The van der Waals surface area contributed by atoms with Crippen molar-refractivity contribution in [3.05, 3.63) is 61.0 Å². The number of aromatic nitrogens is 3. The summed E-state index contributed by atoms with van der Waals surface area (Å²) in [7, 11) is 3.44. The summed E-state index contributed by atoms with van der Waals surface area (Å²) in [5.41, 5.74) is 0.113. The zero-order chi connectivity index (χ0) is 19.5. The fraction of sp³-hybridized carbons (Fsp3) is 0.316. The van der Waals surface area contributed by atoms with Gasteiger partial charge in [-0.15, -0.1) is 0 Å². The molecule has 4 rings (SSSR count). The van der Waals surface area contributed by atoms with Crippen LogP contribution in [0.25, 0.3) is 16.7 Å². The summed E-state index contributed by atoms with van der Waals surface area (Å²) in [6.45, 7) is 3.37. The van der Waals surface area contributed by atoms with E-state index in [0.717, 1.165) is 22.9 Å². The number of hydrogen-bond acceptors (Lipinski definition) is 4. The van der Waals surface area contributed by atoms with E-state index in [0.29, 0.717) is 5.69 Å². The van der Waals surface area contributed by atoms with Gasteiger partial charge in [0, 0.05) is 13.1 Å². The molecule has 3 aromatic rings. The van der Waals surface area contributed by atoms with Crippen molar-refractivity contribution in [1.29, 1.82) is 0 Å². The molecule has 7 nitrogen and oxygen atoms in total. The van der Waals surface area contributed by atoms with Crippen molar-refractivity contribution in [2.24, 2.45) is 7.05 Å². The minimum absolute atomic E-state index is 0.00719. The lowest BCUT2D eigenvalue weighted by Crippen LogP contribution is -2.41. The summed E-state index contributed by atoms with van der Waals surface area (Å²) in [5.74, 6) is -0.361. The van der Waals surface area contributed by atoms with Crippen molar-refractivity contribution in [2.75, 3.05) is 0 Å². The van der Waals surface area contributed by atoms with Gasteiger partial charge in [0.1, 0.15) is 24.1 Å². The van der Waals surface area contributed by atoms with Gasteiger partial charge >= 0.3 is 5.69 Å². The Balaban J connectivity index is 2.20. The number of hydrogen-bond donors (Lipinski definition) is 1. The number of aryl methyl sites for hydroxylation is 1. The molecule has 2 aromatic heterocycles. The highest BCUT2D eigenvalue weighted by atomic mass is 16.3. The van der Waals surface area contributed by atoms with Crippen LogP contribution in [0.5, 0.6) is 5.75 Å². The van der Waals surface area contributed by atoms with Gasteiger partial charge in [0.2, 0.25) is 0 Å². The van der Waals surface area contributed by atoms with E-state index in [2.05, 4.69) is 0 Å². The molecule has 1 aromatic carbocycles. The number of pyridine rings is 1. The van der Waals surface area contributed by atoms with Gasteiger partial charge < -0.3 is 5.11 Å². The Morgan fingerprint density at radius 3 is 2.26 bits per heavy atom. The molecular weight excluding hydrogens is 345 g/mol. The Hall–Kier alpha value is -3.03. The molecule has 1 saturated carbocycles. The molecule has 1 fully saturated rings. The van der Waals surface area contributed by atoms with E-state index in [9.17, 15) is 19.5 Å². The molecule has 1 aliphatic rings. The van der Waals surface area contributed by atoms with E-state index >= 15 is 0 Å². The first-order chi connectivity index (χ1) is 12.9. The maximum absolute atomic E-state index is 13.2. The molecule has 8 heteroatoms. The molecule has 0 unspecified atom stereocenters. The molecule has 1 N–H and O–H groups in total. The van der Waals surface area contributed by atoms with Crippen LogP contribution in [0.2, 0.25) is 6.82 Å². The van der Waals surface area contributed by atoms with Crippen molar-refractivity contribution in [3.63, 3.8) is 0 Å². The van der Waals surface area contributed by atoms with Crippen molar-refractivity contribution in [2.45, 2.75) is 32.6 Å². The molecule has 27 heavy (non-hydrogen) atoms. The summed E-state index contributed by atoms with van der Waals surface area (Å²) in [5, 5.41) is 10.6. The lowest BCUT2D eigenvalue weighted by Gasteiger charge is -2.17. The fourth-order valence-electron chi connectivity index (χ4n) is 3.49. The van der Waals surface area contributed by atoms with Crippen LogP contribution < -0.4 is 22.3 Å². The van der Waals surface area contributed by atoms with E-state index in [1.165, 1.54) is 23.1 Å². The van der Waals surface area contributed by atoms with Crippen LogP contribution in [-0.2, 0) is 7.05 Å². The monoisotopic (exact) mass is 364 g/mol. The molecule has 1 aliphatic carbocycles. The van der Waals surface area contributed by atoms with Gasteiger partial charge in [-0.25, -0.2) is 9.36 Å². The Morgan fingerprint density at radius 2 is 1.70 bits per heavy atom. The molecule has 2 heterocycles. The lowest BCUT2D eigenvalue weighted by atomic mass is 9.73. The van der Waals surface area contributed by atoms with Gasteiger partial charge in [-0.1, -0.05) is 24.4 Å². The Labute approximate surface area is 155 Å². The third-order valence-corrected chi connectivity index (χ3v) is 5.20. The van der Waals surface area contributed by atoms with Gasteiger partial charge in [0.05, 0.1) is 11.3 Å². The van der Waals surface area contributed by atoms with Gasteiger partial charge in [-0.05, 0) is 31.9 Å². The highest BCUT2D eigenvalue weighted by Crippen LogP contribution is 2.36. The van der Waals surface area contributed by atoms with Crippen LogP contribution >= 0.6 is 0 Å². The van der Waals surface area contributed by atoms with Crippen molar-refractivity contribution < 1.29 is 5.11 Å². The van der Waals surface area contributed by atoms with Gasteiger partial charge in [-0.3, -0.25) is 18.7 Å². The molecule has 0 spiro atoms. The third kappa shape index (κ3) is 2.47. The lowest BCUT2D eigenvalue weighted by molar-refractivity contribution is 0.472. The second kappa shape index (κ2) is 6.01. The van der Waals surface area contributed by atoms with Gasteiger partial charge in [-0.2, -0.15) is 0 Å². The normalized spacial score (nSPS) is 13.9. The quantitative estimate of drug-likeness (QED) is 0.689. The van der Waals surface area contributed by atoms with Gasteiger partial charge in [0.15, 0.2) is 0 Å². The standard InChI is InChI=1S/C19H19BN3O4/c1-10-15(24)14-16(21(3)17(10)25)22(12-8-9-12)19(27)23(18(14)26)13-6-4-11(20-2)5-7-13/h4-7,12,24H,8-9H2,1-3H3. The number of rotatable bonds is 3. The summed E-state index contributed by atoms with van der Waals surface area (Å²) in [6.07, 6.45) is 1.58. The molecule has 0 aliphatic heterocycles. The smallest absolute Gasteiger partial charge is 0.337 e. The maximum atomic E-state index is 13.2. The van der Waals surface area contributed by atoms with Crippen molar-refractivity contribution >= 4 is 23.8 Å². The summed E-state index contributed by atoms with van der Waals surface area (Å²) >= 11 is 0. The predicted molar refractivity (Wildman–Crippen MR) is 105 cm³/mol. The Kier molecular flexibility index (Phi) is 3.87. The summed E-state index contributed by atoms with van der Waals surface area (Å²) < 4.78 is 3.83. The summed E-state index contributed by atoms with van der Waals surface area (Å²) in [6, 6.07) is 6.96. The number of fused-ring (bicyclic) bond motifs is 1. The Bertz CT molecular complexity index is 1250. The fourth-order valence-corrected chi connectivity index (χ4v) is 3.49. The number of aromatic hydroxyl groups is 1. The first kappa shape index (κ1) is 17.4. The van der Waals surface area contributed by atoms with Crippen LogP contribution in [0.4, 0.5) is 0 Å². The van der Waals surface area contributed by atoms with Crippen molar-refractivity contribution in [1.82, 2.24) is 13.7 Å². The van der Waals surface area contributed by atoms with Crippen LogP contribution in [0.15, 0.2) is 38.6 Å². The second-order valence-electron chi connectivity index (χ2n) is 6.94. The zero-order valence-corrected chi connectivity index (χ0v) is 15.4. The molecule has 0 saturated heterocycles. The summed E-state index contributed by atoms with van der Waals surface area (Å²) in [4.78, 5) is 38.8. The highest BCUT2D eigenvalue weighted by Gasteiger charge is 2.31. The average molecular weight is 364 g/mol. The van der Waals surface area contributed by atoms with E-state index in [4.69, 9.17) is 0 Å². The van der Waals surface area contributed by atoms with Crippen LogP contribution in [0.3, 0.4) is 0 Å². The predicted octanol–water partition coefficient (Wildman–Crippen LogP) is 0.578. The minimum Gasteiger partial charge on any atom is -0.506 e. The highest BCUT2D eigenvalue weighted by molar-refractivity contribution is 6.51. The van der Waals surface area contributed by atoms with E-state index in [1.54, 1.807) is 12.1 Å². The first-order valence-corrected chi connectivity index (χ1v) is 8.86. The minimum atomic E-state index is -0.628. The van der Waals surface area contributed by atoms with Crippen LogP contribution in [0.1, 0.15) is 24.4 Å². The third-order valence-electron chi connectivity index (χ3n) is 5.20. The molecule has 0 amide bonds. The zero-order valence-electron chi connectivity index (χ0n) is 15.4. The molecule has 0 bridgehead atoms. The molecule has 137 valence electrons. The van der Waals surface area contributed by atoms with E-state index < -0.39 is 16.8 Å². The largest absolute Gasteiger partial charge is 0.506 e. The first-order valence-electron chi connectivity index (χ1n) is 8.86. The SMILES string of the molecule is C[B]c1ccc(-n2c(=O)c3c(O)c(C)c(=O)n(C)c3n(C3CC3)c2=O)cc1. The van der Waals surface area contributed by atoms with E-state index in [-0.39, 0.29) is 28.4 Å². The molecule has 0 atom stereocenters. The topological polar surface area (TPSA) is 86.2 Å². The maximum Gasteiger partial charge on any atom is 0.337 e. The molecule has 1 radical (unpaired) electrons. The molecular formula is C19H19BN3O4. The second-order valence-corrected chi connectivity index (χ2v) is 6.94. The van der Waals surface area contributed by atoms with Gasteiger partial charge in [0.25, 0.3) is 11.1 Å². The average Bonchev–Trinajstić information content (AvgIpc) is 3.49. The van der Waals surface area contributed by atoms with Crippen LogP contribution in [0, 0.1) is 6.92 Å². The van der Waals surface area contributed by atoms with E-state index in [1.807, 2.05) is 26.2 Å². The van der Waals surface area contributed by atoms with Crippen LogP contribution in [-0.4, -0.2) is 26.1 Å². The number of nitrogens with zero attached hydrogens (tertiary/aromatic N) is 3. The van der Waals surface area contributed by atoms with Crippen molar-refractivity contribution in [3.8, 4) is 11.4 Å².